The molecule has 6 heteroatoms. The fourth-order valence-corrected chi connectivity index (χ4v) is 3.99. The quantitative estimate of drug-likeness (QED) is 0.593. The van der Waals surface area contributed by atoms with E-state index in [0.29, 0.717) is 5.95 Å². The number of fused-ring (bicyclic) bond motifs is 2. The minimum absolute atomic E-state index is 0.160. The highest BCUT2D eigenvalue weighted by Crippen LogP contribution is 2.38. The van der Waals surface area contributed by atoms with Crippen molar-refractivity contribution in [1.82, 2.24) is 24.8 Å². The molecule has 4 heterocycles. The second-order valence-corrected chi connectivity index (χ2v) is 7.10. The van der Waals surface area contributed by atoms with E-state index in [1.54, 1.807) is 12.4 Å². The van der Waals surface area contributed by atoms with E-state index >= 15 is 0 Å². The second-order valence-electron chi connectivity index (χ2n) is 7.10. The van der Waals surface area contributed by atoms with E-state index < -0.39 is 0 Å². The number of hydrogen-bond donors (Lipinski definition) is 1. The van der Waals surface area contributed by atoms with Gasteiger partial charge in [0.1, 0.15) is 0 Å². The van der Waals surface area contributed by atoms with Gasteiger partial charge in [-0.1, -0.05) is 18.2 Å². The van der Waals surface area contributed by atoms with Gasteiger partial charge in [-0.3, -0.25) is 14.9 Å². The summed E-state index contributed by atoms with van der Waals surface area (Å²) in [6.07, 6.45) is 5.43. The Morgan fingerprint density at radius 2 is 1.86 bits per heavy atom. The lowest BCUT2D eigenvalue weighted by molar-refractivity contribution is 0.219. The molecule has 28 heavy (non-hydrogen) atoms. The molecule has 1 atom stereocenters. The largest absolute Gasteiger partial charge is 0.368 e. The lowest BCUT2D eigenvalue weighted by Gasteiger charge is -2.21. The molecule has 4 aromatic rings. The van der Waals surface area contributed by atoms with Crippen LogP contribution in [0, 0.1) is 0 Å². The summed E-state index contributed by atoms with van der Waals surface area (Å²) in [6.45, 7) is 3.78. The Kier molecular flexibility index (Phi) is 3.98. The Hall–Kier alpha value is -3.38. The molecule has 0 amide bonds. The maximum atomic E-state index is 6.04. The molecule has 6 nitrogen and oxygen atoms in total. The van der Waals surface area contributed by atoms with Gasteiger partial charge in [-0.25, -0.2) is 9.97 Å². The fraction of sp³-hybridized carbons (Fsp3) is 0.182. The highest BCUT2D eigenvalue weighted by molar-refractivity contribution is 5.81. The molecule has 0 radical (unpaired) electrons. The molecule has 138 valence electrons. The van der Waals surface area contributed by atoms with Gasteiger partial charge in [0.05, 0.1) is 22.9 Å². The molecule has 2 N–H and O–H groups in total. The van der Waals surface area contributed by atoms with Crippen molar-refractivity contribution in [1.29, 1.82) is 0 Å². The molecule has 0 aliphatic carbocycles. The zero-order chi connectivity index (χ0) is 19.1. The van der Waals surface area contributed by atoms with Gasteiger partial charge in [-0.2, -0.15) is 0 Å². The van der Waals surface area contributed by atoms with Crippen molar-refractivity contribution in [2.45, 2.75) is 26.1 Å². The van der Waals surface area contributed by atoms with Crippen LogP contribution in [-0.2, 0) is 13.1 Å². The Labute approximate surface area is 163 Å². The summed E-state index contributed by atoms with van der Waals surface area (Å²) >= 11 is 0. The molecular weight excluding hydrogens is 348 g/mol. The lowest BCUT2D eigenvalue weighted by atomic mass is 10.1. The minimum Gasteiger partial charge on any atom is -0.368 e. The van der Waals surface area contributed by atoms with Crippen LogP contribution < -0.4 is 5.73 Å². The summed E-state index contributed by atoms with van der Waals surface area (Å²) in [5.74, 6) is 0.314. The van der Waals surface area contributed by atoms with Crippen LogP contribution in [0.4, 0.5) is 5.95 Å². The molecule has 0 saturated heterocycles. The lowest BCUT2D eigenvalue weighted by Crippen LogP contribution is -2.20. The summed E-state index contributed by atoms with van der Waals surface area (Å²) in [5.41, 5.74) is 12.4. The van der Waals surface area contributed by atoms with Crippen molar-refractivity contribution in [2.24, 2.45) is 0 Å². The van der Waals surface area contributed by atoms with Gasteiger partial charge >= 0.3 is 0 Å². The third kappa shape index (κ3) is 2.78. The van der Waals surface area contributed by atoms with Gasteiger partial charge in [0.25, 0.3) is 0 Å². The van der Waals surface area contributed by atoms with E-state index in [2.05, 4.69) is 56.0 Å². The van der Waals surface area contributed by atoms with E-state index in [9.17, 15) is 0 Å². The standard InChI is InChI=1S/C22H20N6/c1-14-20-18(21(27-22(23)26-20)15-6-9-24-10-7-15)13-28(14)12-16-8-11-25-19-5-3-2-4-17(16)19/h2-11,14H,12-13H2,1H3,(H2,23,26,27)/t14-/m1/s1. The van der Waals surface area contributed by atoms with E-state index in [1.165, 1.54) is 10.9 Å². The van der Waals surface area contributed by atoms with Crippen LogP contribution in [0.1, 0.15) is 29.8 Å². The summed E-state index contributed by atoms with van der Waals surface area (Å²) in [4.78, 5) is 20.1. The van der Waals surface area contributed by atoms with Crippen LogP contribution in [0.3, 0.4) is 0 Å². The van der Waals surface area contributed by atoms with Crippen LogP contribution in [-0.4, -0.2) is 24.8 Å². The molecular formula is C22H20N6. The topological polar surface area (TPSA) is 80.8 Å². The van der Waals surface area contributed by atoms with Crippen LogP contribution in [0.5, 0.6) is 0 Å². The molecule has 0 bridgehead atoms. The number of nitrogen functional groups attached to an aromatic ring is 1. The number of para-hydroxylation sites is 1. The number of hydrogen-bond acceptors (Lipinski definition) is 6. The predicted molar refractivity (Wildman–Crippen MR) is 109 cm³/mol. The molecule has 1 aliphatic rings. The smallest absolute Gasteiger partial charge is 0.220 e. The molecule has 0 unspecified atom stereocenters. The number of rotatable bonds is 3. The molecule has 5 rings (SSSR count). The van der Waals surface area contributed by atoms with Gasteiger partial charge in [-0.05, 0) is 36.8 Å². The van der Waals surface area contributed by atoms with Crippen molar-refractivity contribution in [3.63, 3.8) is 0 Å². The van der Waals surface area contributed by atoms with Crippen molar-refractivity contribution < 1.29 is 0 Å². The number of nitrogens with zero attached hydrogens (tertiary/aromatic N) is 5. The Bertz CT molecular complexity index is 1150. The summed E-state index contributed by atoms with van der Waals surface area (Å²) in [6, 6.07) is 14.4. The predicted octanol–water partition coefficient (Wildman–Crippen LogP) is 3.75. The number of nitrogens with two attached hydrogens (primary N) is 1. The minimum atomic E-state index is 0.160. The second kappa shape index (κ2) is 6.65. The Morgan fingerprint density at radius 1 is 1.04 bits per heavy atom. The first-order valence-corrected chi connectivity index (χ1v) is 9.34. The Morgan fingerprint density at radius 3 is 2.71 bits per heavy atom. The number of aromatic nitrogens is 4. The summed E-state index contributed by atoms with van der Waals surface area (Å²) < 4.78 is 0. The zero-order valence-corrected chi connectivity index (χ0v) is 15.6. The third-order valence-electron chi connectivity index (χ3n) is 5.43. The summed E-state index contributed by atoms with van der Waals surface area (Å²) in [7, 11) is 0. The normalized spacial score (nSPS) is 16.4. The first-order valence-electron chi connectivity index (χ1n) is 9.34. The van der Waals surface area contributed by atoms with Crippen LogP contribution >= 0.6 is 0 Å². The third-order valence-corrected chi connectivity index (χ3v) is 5.43. The molecule has 1 aromatic carbocycles. The van der Waals surface area contributed by atoms with Gasteiger partial charge in [-0.15, -0.1) is 0 Å². The van der Waals surface area contributed by atoms with Crippen LogP contribution in [0.15, 0.2) is 61.1 Å². The first-order chi connectivity index (χ1) is 13.7. The summed E-state index contributed by atoms with van der Waals surface area (Å²) in [5, 5.41) is 1.19. The van der Waals surface area contributed by atoms with Crippen molar-refractivity contribution in [3.8, 4) is 11.3 Å². The average Bonchev–Trinajstić information content (AvgIpc) is 3.04. The highest BCUT2D eigenvalue weighted by atomic mass is 15.2. The van der Waals surface area contributed by atoms with E-state index in [-0.39, 0.29) is 6.04 Å². The number of pyridine rings is 2. The maximum Gasteiger partial charge on any atom is 0.220 e. The van der Waals surface area contributed by atoms with Gasteiger partial charge < -0.3 is 5.73 Å². The molecule has 0 saturated carbocycles. The number of benzene rings is 1. The van der Waals surface area contributed by atoms with Crippen LogP contribution in [0.2, 0.25) is 0 Å². The monoisotopic (exact) mass is 368 g/mol. The maximum absolute atomic E-state index is 6.04. The van der Waals surface area contributed by atoms with Crippen molar-refractivity contribution in [3.05, 3.63) is 77.9 Å². The van der Waals surface area contributed by atoms with Crippen molar-refractivity contribution >= 4 is 16.9 Å². The molecule has 1 aliphatic heterocycles. The molecule has 3 aromatic heterocycles. The van der Waals surface area contributed by atoms with E-state index in [0.717, 1.165) is 41.1 Å². The van der Waals surface area contributed by atoms with Crippen LogP contribution in [0.25, 0.3) is 22.2 Å². The zero-order valence-electron chi connectivity index (χ0n) is 15.6. The van der Waals surface area contributed by atoms with Gasteiger partial charge in [0.15, 0.2) is 0 Å². The SMILES string of the molecule is C[C@@H]1c2nc(N)nc(-c3ccncc3)c2CN1Cc1ccnc2ccccc12. The Balaban J connectivity index is 1.53. The van der Waals surface area contributed by atoms with Crippen molar-refractivity contribution in [2.75, 3.05) is 5.73 Å². The van der Waals surface area contributed by atoms with Gasteiger partial charge in [0, 0.05) is 48.2 Å². The average molecular weight is 368 g/mol. The fourth-order valence-electron chi connectivity index (χ4n) is 3.99. The van der Waals surface area contributed by atoms with Gasteiger partial charge in [0.2, 0.25) is 5.95 Å². The highest BCUT2D eigenvalue weighted by Gasteiger charge is 2.32. The molecule has 0 spiro atoms. The first kappa shape index (κ1) is 16.8. The number of anilines is 1. The molecule has 0 fully saturated rings. The van der Waals surface area contributed by atoms with E-state index in [4.69, 9.17) is 5.73 Å². The van der Waals surface area contributed by atoms with E-state index in [1.807, 2.05) is 24.4 Å².